The summed E-state index contributed by atoms with van der Waals surface area (Å²) in [7, 11) is 1.58. The van der Waals surface area contributed by atoms with Crippen LogP contribution < -0.4 is 4.74 Å². The van der Waals surface area contributed by atoms with Crippen molar-refractivity contribution < 1.29 is 17.9 Å². The van der Waals surface area contributed by atoms with E-state index in [1.54, 1.807) is 7.11 Å². The van der Waals surface area contributed by atoms with Crippen LogP contribution in [-0.4, -0.2) is 12.1 Å². The number of aromatic amines is 1. The minimum absolute atomic E-state index is 0.653. The van der Waals surface area contributed by atoms with Crippen LogP contribution in [0.15, 0.2) is 48.5 Å². The first-order valence-corrected chi connectivity index (χ1v) is 6.32. The maximum atomic E-state index is 12.6. The molecule has 0 amide bonds. The monoisotopic (exact) mass is 291 g/mol. The summed E-state index contributed by atoms with van der Waals surface area (Å²) in [4.78, 5) is 3.18. The van der Waals surface area contributed by atoms with E-state index >= 15 is 0 Å². The number of rotatable bonds is 2. The van der Waals surface area contributed by atoms with Gasteiger partial charge in [-0.05, 0) is 29.8 Å². The molecule has 3 rings (SSSR count). The molecule has 2 aromatic carbocycles. The van der Waals surface area contributed by atoms with E-state index in [9.17, 15) is 13.2 Å². The van der Waals surface area contributed by atoms with E-state index < -0.39 is 11.7 Å². The number of benzene rings is 2. The first-order chi connectivity index (χ1) is 9.99. The smallest absolute Gasteiger partial charge is 0.416 e. The number of H-pyrrole nitrogens is 1. The van der Waals surface area contributed by atoms with Crippen LogP contribution in [0.4, 0.5) is 13.2 Å². The highest BCUT2D eigenvalue weighted by atomic mass is 19.4. The van der Waals surface area contributed by atoms with Crippen molar-refractivity contribution in [1.82, 2.24) is 4.98 Å². The summed E-state index contributed by atoms with van der Waals surface area (Å²) in [5.41, 5.74) is 1.62. The van der Waals surface area contributed by atoms with Gasteiger partial charge in [0.2, 0.25) is 0 Å². The van der Waals surface area contributed by atoms with E-state index in [1.165, 1.54) is 12.1 Å². The van der Waals surface area contributed by atoms with Crippen molar-refractivity contribution in [2.24, 2.45) is 0 Å². The highest BCUT2D eigenvalue weighted by Crippen LogP contribution is 2.33. The first-order valence-electron chi connectivity index (χ1n) is 6.32. The quantitative estimate of drug-likeness (QED) is 0.716. The molecule has 0 spiro atoms. The molecule has 0 radical (unpaired) electrons. The van der Waals surface area contributed by atoms with Crippen LogP contribution in [0.2, 0.25) is 0 Å². The van der Waals surface area contributed by atoms with Crippen molar-refractivity contribution in [1.29, 1.82) is 0 Å². The van der Waals surface area contributed by atoms with Crippen molar-refractivity contribution in [2.75, 3.05) is 7.11 Å². The lowest BCUT2D eigenvalue weighted by Gasteiger charge is -2.06. The number of fused-ring (bicyclic) bond motifs is 1. The molecule has 1 aromatic heterocycles. The Labute approximate surface area is 119 Å². The lowest BCUT2D eigenvalue weighted by Crippen LogP contribution is -2.03. The third kappa shape index (κ3) is 2.46. The molecular weight excluding hydrogens is 279 g/mol. The summed E-state index contributed by atoms with van der Waals surface area (Å²) in [6, 6.07) is 12.6. The molecule has 0 aliphatic heterocycles. The summed E-state index contributed by atoms with van der Waals surface area (Å²) in [5.74, 6) is 0.700. The fraction of sp³-hybridized carbons (Fsp3) is 0.125. The summed E-state index contributed by atoms with van der Waals surface area (Å²) in [6.07, 6.45) is -4.32. The molecule has 0 fully saturated rings. The normalized spacial score (nSPS) is 11.8. The van der Waals surface area contributed by atoms with Crippen LogP contribution in [0.25, 0.3) is 22.2 Å². The van der Waals surface area contributed by atoms with Gasteiger partial charge in [-0.15, -0.1) is 0 Å². The molecule has 1 N–H and O–H groups in total. The van der Waals surface area contributed by atoms with E-state index in [0.29, 0.717) is 11.3 Å². The maximum Gasteiger partial charge on any atom is 0.416 e. The number of aromatic nitrogens is 1. The molecule has 3 aromatic rings. The molecule has 0 aliphatic carbocycles. The van der Waals surface area contributed by atoms with E-state index in [1.807, 2.05) is 24.3 Å². The molecule has 0 atom stereocenters. The second-order valence-corrected chi connectivity index (χ2v) is 4.68. The van der Waals surface area contributed by atoms with Crippen molar-refractivity contribution in [3.8, 4) is 17.0 Å². The molecule has 108 valence electrons. The van der Waals surface area contributed by atoms with E-state index in [0.717, 1.165) is 28.7 Å². The van der Waals surface area contributed by atoms with Gasteiger partial charge in [0.25, 0.3) is 0 Å². The summed E-state index contributed by atoms with van der Waals surface area (Å²) >= 11 is 0. The molecular formula is C16H12F3NO. The highest BCUT2D eigenvalue weighted by molar-refractivity contribution is 5.90. The van der Waals surface area contributed by atoms with Crippen LogP contribution in [0.5, 0.6) is 5.75 Å². The van der Waals surface area contributed by atoms with Crippen molar-refractivity contribution in [2.45, 2.75) is 6.18 Å². The van der Waals surface area contributed by atoms with Crippen LogP contribution in [0, 0.1) is 0 Å². The fourth-order valence-electron chi connectivity index (χ4n) is 2.29. The van der Waals surface area contributed by atoms with Crippen LogP contribution in [0.1, 0.15) is 5.56 Å². The number of alkyl halides is 3. The number of hydrogen-bond donors (Lipinski definition) is 1. The van der Waals surface area contributed by atoms with Gasteiger partial charge in [-0.1, -0.05) is 24.3 Å². The number of hydrogen-bond acceptors (Lipinski definition) is 1. The van der Waals surface area contributed by atoms with E-state index in [2.05, 4.69) is 4.98 Å². The molecule has 0 bridgehead atoms. The third-order valence-electron chi connectivity index (χ3n) is 3.36. The Balaban J connectivity index is 2.04. The van der Waals surface area contributed by atoms with Crippen LogP contribution >= 0.6 is 0 Å². The van der Waals surface area contributed by atoms with Crippen LogP contribution in [-0.2, 0) is 6.18 Å². The lowest BCUT2D eigenvalue weighted by atomic mass is 10.1. The predicted octanol–water partition coefficient (Wildman–Crippen LogP) is 4.86. The van der Waals surface area contributed by atoms with Gasteiger partial charge >= 0.3 is 6.18 Å². The average Bonchev–Trinajstić information content (AvgIpc) is 2.90. The zero-order valence-corrected chi connectivity index (χ0v) is 11.2. The minimum atomic E-state index is -4.32. The molecule has 1 heterocycles. The maximum absolute atomic E-state index is 12.6. The number of ether oxygens (including phenoxy) is 1. The first kappa shape index (κ1) is 13.5. The average molecular weight is 291 g/mol. The Bertz CT molecular complexity index is 772. The van der Waals surface area contributed by atoms with Crippen molar-refractivity contribution >= 4 is 10.9 Å². The van der Waals surface area contributed by atoms with Gasteiger partial charge in [0.05, 0.1) is 18.2 Å². The lowest BCUT2D eigenvalue weighted by molar-refractivity contribution is -0.137. The molecule has 0 aliphatic rings. The Morgan fingerprint density at radius 2 is 1.71 bits per heavy atom. The minimum Gasteiger partial charge on any atom is -0.495 e. The Hall–Kier alpha value is -2.43. The molecule has 0 unspecified atom stereocenters. The van der Waals surface area contributed by atoms with Gasteiger partial charge in [-0.25, -0.2) is 0 Å². The van der Waals surface area contributed by atoms with Crippen molar-refractivity contribution in [3.05, 3.63) is 54.1 Å². The Morgan fingerprint density at radius 1 is 1.00 bits per heavy atom. The molecule has 2 nitrogen and oxygen atoms in total. The Kier molecular flexibility index (Phi) is 3.12. The fourth-order valence-corrected chi connectivity index (χ4v) is 2.29. The molecule has 21 heavy (non-hydrogen) atoms. The van der Waals surface area contributed by atoms with E-state index in [4.69, 9.17) is 4.74 Å². The number of nitrogens with one attached hydrogen (secondary N) is 1. The molecule has 0 saturated heterocycles. The topological polar surface area (TPSA) is 25.0 Å². The van der Waals surface area contributed by atoms with Gasteiger partial charge in [-0.2, -0.15) is 13.2 Å². The number of halogens is 3. The zero-order chi connectivity index (χ0) is 15.0. The van der Waals surface area contributed by atoms with Gasteiger partial charge in [0.1, 0.15) is 5.75 Å². The molecule has 5 heteroatoms. The number of para-hydroxylation sites is 1. The van der Waals surface area contributed by atoms with Crippen molar-refractivity contribution in [3.63, 3.8) is 0 Å². The second kappa shape index (κ2) is 4.84. The Morgan fingerprint density at radius 3 is 2.33 bits per heavy atom. The predicted molar refractivity (Wildman–Crippen MR) is 75.3 cm³/mol. The second-order valence-electron chi connectivity index (χ2n) is 4.68. The summed E-state index contributed by atoms with van der Waals surface area (Å²) in [5, 5.41) is 0.948. The standard InChI is InChI=1S/C16H12F3NO/c1-21-14-4-2-3-11-9-13(20-15(11)14)10-5-7-12(8-6-10)16(17,18)19/h2-9,20H,1H3. The summed E-state index contributed by atoms with van der Waals surface area (Å²) in [6.45, 7) is 0. The van der Waals surface area contributed by atoms with Gasteiger partial charge in [0.15, 0.2) is 0 Å². The third-order valence-corrected chi connectivity index (χ3v) is 3.36. The van der Waals surface area contributed by atoms with Crippen LogP contribution in [0.3, 0.4) is 0 Å². The highest BCUT2D eigenvalue weighted by Gasteiger charge is 2.30. The van der Waals surface area contributed by atoms with Gasteiger partial charge < -0.3 is 9.72 Å². The molecule has 0 saturated carbocycles. The van der Waals surface area contributed by atoms with Gasteiger partial charge in [0, 0.05) is 11.1 Å². The van der Waals surface area contributed by atoms with E-state index in [-0.39, 0.29) is 0 Å². The van der Waals surface area contributed by atoms with Gasteiger partial charge in [-0.3, -0.25) is 0 Å². The largest absolute Gasteiger partial charge is 0.495 e. The number of methoxy groups -OCH3 is 1. The SMILES string of the molecule is COc1cccc2cc(-c3ccc(C(F)(F)F)cc3)[nH]c12. The zero-order valence-electron chi connectivity index (χ0n) is 11.2. The summed E-state index contributed by atoms with van der Waals surface area (Å²) < 4.78 is 43.0.